The third kappa shape index (κ3) is 4.00. The Kier molecular flexibility index (Phi) is 3.85. The molecule has 0 saturated carbocycles. The lowest BCUT2D eigenvalue weighted by Crippen LogP contribution is -2.35. The number of nitrogens with zero attached hydrogens (tertiary/aromatic N) is 3. The van der Waals surface area contributed by atoms with E-state index in [-0.39, 0.29) is 5.54 Å². The number of hydrogen-bond donors (Lipinski definition) is 1. The van der Waals surface area contributed by atoms with Crippen molar-refractivity contribution in [1.29, 1.82) is 0 Å². The van der Waals surface area contributed by atoms with Gasteiger partial charge in [-0.2, -0.15) is 0 Å². The molecule has 0 saturated heterocycles. The molecule has 0 aliphatic carbocycles. The summed E-state index contributed by atoms with van der Waals surface area (Å²) >= 11 is 0. The van der Waals surface area contributed by atoms with Gasteiger partial charge in [0.2, 0.25) is 0 Å². The van der Waals surface area contributed by atoms with Crippen LogP contribution in [0.5, 0.6) is 0 Å². The summed E-state index contributed by atoms with van der Waals surface area (Å²) in [6.45, 7) is 11.5. The van der Waals surface area contributed by atoms with Crippen molar-refractivity contribution in [3.63, 3.8) is 0 Å². The zero-order chi connectivity index (χ0) is 11.5. The Morgan fingerprint density at radius 1 is 1.47 bits per heavy atom. The van der Waals surface area contributed by atoms with Crippen LogP contribution in [0.1, 0.15) is 52.8 Å². The first-order valence-electron chi connectivity index (χ1n) is 5.58. The summed E-state index contributed by atoms with van der Waals surface area (Å²) in [5.41, 5.74) is 1.13. The average molecular weight is 210 g/mol. The largest absolute Gasteiger partial charge is 0.306 e. The smallest absolute Gasteiger partial charge is 0.0965 e. The Morgan fingerprint density at radius 2 is 2.13 bits per heavy atom. The van der Waals surface area contributed by atoms with Gasteiger partial charge in [-0.3, -0.25) is 0 Å². The van der Waals surface area contributed by atoms with Gasteiger partial charge >= 0.3 is 0 Å². The molecule has 0 aromatic carbocycles. The Balaban J connectivity index is 2.53. The second kappa shape index (κ2) is 4.75. The van der Waals surface area contributed by atoms with Gasteiger partial charge in [0, 0.05) is 12.1 Å². The molecule has 0 amide bonds. The molecular formula is C11H22N4. The minimum atomic E-state index is 0.125. The van der Waals surface area contributed by atoms with Crippen LogP contribution in [0.25, 0.3) is 0 Å². The Morgan fingerprint density at radius 3 is 2.67 bits per heavy atom. The molecule has 15 heavy (non-hydrogen) atoms. The SMILES string of the molecule is CCC(C)n1cc(CNC(C)(C)C)nn1. The summed E-state index contributed by atoms with van der Waals surface area (Å²) in [5, 5.41) is 11.6. The van der Waals surface area contributed by atoms with Crippen LogP contribution < -0.4 is 5.32 Å². The quantitative estimate of drug-likeness (QED) is 0.828. The molecule has 0 fully saturated rings. The molecule has 1 atom stereocenters. The van der Waals surface area contributed by atoms with E-state index in [0.29, 0.717) is 6.04 Å². The van der Waals surface area contributed by atoms with Gasteiger partial charge in [0.15, 0.2) is 0 Å². The molecule has 4 nitrogen and oxygen atoms in total. The van der Waals surface area contributed by atoms with E-state index in [1.165, 1.54) is 0 Å². The fourth-order valence-electron chi connectivity index (χ4n) is 1.15. The molecule has 1 unspecified atom stereocenters. The molecular weight excluding hydrogens is 188 g/mol. The zero-order valence-corrected chi connectivity index (χ0v) is 10.4. The summed E-state index contributed by atoms with van der Waals surface area (Å²) in [6, 6.07) is 0.431. The van der Waals surface area contributed by atoms with Crippen LogP contribution >= 0.6 is 0 Å². The standard InChI is InChI=1S/C11H22N4/c1-6-9(2)15-8-10(13-14-15)7-12-11(3,4)5/h8-9,12H,6-7H2,1-5H3. The third-order valence-electron chi connectivity index (χ3n) is 2.40. The highest BCUT2D eigenvalue weighted by atomic mass is 15.4. The molecule has 1 N–H and O–H groups in total. The molecule has 0 aliphatic rings. The topological polar surface area (TPSA) is 42.7 Å². The molecule has 1 rings (SSSR count). The van der Waals surface area contributed by atoms with Crippen LogP contribution in [0.4, 0.5) is 0 Å². The number of hydrogen-bond acceptors (Lipinski definition) is 3. The Bertz CT molecular complexity index is 298. The molecule has 0 aliphatic heterocycles. The van der Waals surface area contributed by atoms with Crippen molar-refractivity contribution in [2.45, 2.75) is 59.2 Å². The van der Waals surface area contributed by atoms with Gasteiger partial charge < -0.3 is 5.32 Å². The monoisotopic (exact) mass is 210 g/mol. The highest BCUT2D eigenvalue weighted by Gasteiger charge is 2.11. The van der Waals surface area contributed by atoms with Gasteiger partial charge in [0.1, 0.15) is 0 Å². The molecule has 0 radical (unpaired) electrons. The minimum Gasteiger partial charge on any atom is -0.306 e. The first-order valence-corrected chi connectivity index (χ1v) is 5.58. The summed E-state index contributed by atoms with van der Waals surface area (Å²) in [6.07, 6.45) is 3.10. The van der Waals surface area contributed by atoms with Gasteiger partial charge in [-0.05, 0) is 34.1 Å². The molecule has 1 aromatic heterocycles. The van der Waals surface area contributed by atoms with Crippen molar-refractivity contribution >= 4 is 0 Å². The molecule has 0 spiro atoms. The molecule has 86 valence electrons. The normalized spacial score (nSPS) is 14.2. The molecule has 0 bridgehead atoms. The van der Waals surface area contributed by atoms with Crippen LogP contribution in [0.15, 0.2) is 6.20 Å². The van der Waals surface area contributed by atoms with Crippen molar-refractivity contribution in [1.82, 2.24) is 20.3 Å². The van der Waals surface area contributed by atoms with E-state index < -0.39 is 0 Å². The van der Waals surface area contributed by atoms with Gasteiger partial charge in [0.05, 0.1) is 17.9 Å². The van der Waals surface area contributed by atoms with E-state index in [2.05, 4.69) is 50.2 Å². The molecule has 1 heterocycles. The van der Waals surface area contributed by atoms with E-state index in [1.807, 2.05) is 10.9 Å². The second-order valence-corrected chi connectivity index (χ2v) is 5.05. The van der Waals surface area contributed by atoms with Crippen LogP contribution in [-0.2, 0) is 6.54 Å². The highest BCUT2D eigenvalue weighted by molar-refractivity contribution is 4.93. The lowest BCUT2D eigenvalue weighted by atomic mass is 10.1. The van der Waals surface area contributed by atoms with Crippen LogP contribution in [0.3, 0.4) is 0 Å². The summed E-state index contributed by atoms with van der Waals surface area (Å²) in [7, 11) is 0. The second-order valence-electron chi connectivity index (χ2n) is 5.05. The predicted molar refractivity (Wildman–Crippen MR) is 61.6 cm³/mol. The van der Waals surface area contributed by atoms with E-state index in [9.17, 15) is 0 Å². The highest BCUT2D eigenvalue weighted by Crippen LogP contribution is 2.08. The van der Waals surface area contributed by atoms with Gasteiger partial charge in [-0.25, -0.2) is 4.68 Å². The zero-order valence-electron chi connectivity index (χ0n) is 10.4. The number of nitrogens with one attached hydrogen (secondary N) is 1. The summed E-state index contributed by atoms with van der Waals surface area (Å²) in [4.78, 5) is 0. The third-order valence-corrected chi connectivity index (χ3v) is 2.40. The van der Waals surface area contributed by atoms with Crippen molar-refractivity contribution in [3.8, 4) is 0 Å². The maximum absolute atomic E-state index is 4.14. The van der Waals surface area contributed by atoms with Gasteiger partial charge in [-0.15, -0.1) is 5.10 Å². The Labute approximate surface area is 92.1 Å². The maximum Gasteiger partial charge on any atom is 0.0965 e. The van der Waals surface area contributed by atoms with Gasteiger partial charge in [0.25, 0.3) is 0 Å². The Hall–Kier alpha value is -0.900. The fourth-order valence-corrected chi connectivity index (χ4v) is 1.15. The molecule has 4 heteroatoms. The van der Waals surface area contributed by atoms with Crippen molar-refractivity contribution in [2.24, 2.45) is 0 Å². The van der Waals surface area contributed by atoms with Crippen molar-refractivity contribution in [3.05, 3.63) is 11.9 Å². The van der Waals surface area contributed by atoms with Crippen LogP contribution in [0, 0.1) is 0 Å². The summed E-state index contributed by atoms with van der Waals surface area (Å²) < 4.78 is 1.93. The lowest BCUT2D eigenvalue weighted by Gasteiger charge is -2.19. The number of rotatable bonds is 4. The van der Waals surface area contributed by atoms with Crippen LogP contribution in [0.2, 0.25) is 0 Å². The van der Waals surface area contributed by atoms with Crippen molar-refractivity contribution < 1.29 is 0 Å². The summed E-state index contributed by atoms with van der Waals surface area (Å²) in [5.74, 6) is 0. The minimum absolute atomic E-state index is 0.125. The van der Waals surface area contributed by atoms with E-state index in [4.69, 9.17) is 0 Å². The van der Waals surface area contributed by atoms with E-state index >= 15 is 0 Å². The average Bonchev–Trinajstić information content (AvgIpc) is 2.61. The first-order chi connectivity index (χ1) is 6.92. The fraction of sp³-hybridized carbons (Fsp3) is 0.818. The first kappa shape index (κ1) is 12.2. The maximum atomic E-state index is 4.14. The van der Waals surface area contributed by atoms with Crippen molar-refractivity contribution in [2.75, 3.05) is 0 Å². The predicted octanol–water partition coefficient (Wildman–Crippen LogP) is 2.14. The van der Waals surface area contributed by atoms with Crippen LogP contribution in [-0.4, -0.2) is 20.5 Å². The van der Waals surface area contributed by atoms with E-state index in [0.717, 1.165) is 18.7 Å². The van der Waals surface area contributed by atoms with E-state index in [1.54, 1.807) is 0 Å². The lowest BCUT2D eigenvalue weighted by molar-refractivity contribution is 0.421. The number of aromatic nitrogens is 3. The van der Waals surface area contributed by atoms with Gasteiger partial charge in [-0.1, -0.05) is 12.1 Å². The molecule has 1 aromatic rings.